The maximum atomic E-state index is 12.0. The summed E-state index contributed by atoms with van der Waals surface area (Å²) in [6.45, 7) is 0. The molecule has 0 fully saturated rings. The Kier molecular flexibility index (Phi) is 4.16. The van der Waals surface area contributed by atoms with Gasteiger partial charge in [0.2, 0.25) is 6.08 Å². The molecule has 0 bridgehead atoms. The molecule has 1 heterocycles. The molecule has 0 spiro atoms. The van der Waals surface area contributed by atoms with Crippen LogP contribution >= 0.6 is 11.3 Å². The summed E-state index contributed by atoms with van der Waals surface area (Å²) in [5.74, 6) is -0.755. The number of benzene rings is 1. The number of aliphatic imine (C=N–C) groups is 1. The van der Waals surface area contributed by atoms with E-state index in [2.05, 4.69) is 9.73 Å². The molecule has 0 aliphatic rings. The van der Waals surface area contributed by atoms with Gasteiger partial charge in [-0.2, -0.15) is 4.99 Å². The van der Waals surface area contributed by atoms with Crippen LogP contribution in [0, 0.1) is 0 Å². The zero-order valence-electron chi connectivity index (χ0n) is 11.7. The Labute approximate surface area is 124 Å². The molecule has 108 valence electrons. The summed E-state index contributed by atoms with van der Waals surface area (Å²) < 4.78 is 5.41. The van der Waals surface area contributed by atoms with Gasteiger partial charge >= 0.3 is 5.97 Å². The van der Waals surface area contributed by atoms with Gasteiger partial charge in [0.15, 0.2) is 0 Å². The Hall–Kier alpha value is -2.50. The SMILES string of the molecule is COC(=O)c1sc2ccc(C(=O)N(C)C)cc2c1N=C=O. The maximum Gasteiger partial charge on any atom is 0.350 e. The standard InChI is InChI=1S/C14H12N2O4S/c1-16(2)13(18)8-4-5-10-9(6-8)11(15-7-17)12(21-10)14(19)20-3/h4-6H,1-3H3. The zero-order chi connectivity index (χ0) is 15.6. The first kappa shape index (κ1) is 14.9. The van der Waals surface area contributed by atoms with Crippen LogP contribution in [0.5, 0.6) is 0 Å². The summed E-state index contributed by atoms with van der Waals surface area (Å²) in [6.07, 6.45) is 1.43. The third-order valence-electron chi connectivity index (χ3n) is 2.84. The van der Waals surface area contributed by atoms with E-state index in [0.29, 0.717) is 10.9 Å². The molecule has 1 aromatic carbocycles. The van der Waals surface area contributed by atoms with Crippen LogP contribution in [0.2, 0.25) is 0 Å². The highest BCUT2D eigenvalue weighted by Crippen LogP contribution is 2.38. The number of esters is 1. The molecule has 0 N–H and O–H groups in total. The number of carbonyl (C=O) groups excluding carboxylic acids is 3. The number of rotatable bonds is 3. The molecule has 1 amide bonds. The highest BCUT2D eigenvalue weighted by Gasteiger charge is 2.20. The molecule has 2 rings (SSSR count). The molecule has 2 aromatic rings. The van der Waals surface area contributed by atoms with Gasteiger partial charge in [0, 0.05) is 29.7 Å². The molecular weight excluding hydrogens is 292 g/mol. The maximum absolute atomic E-state index is 12.0. The lowest BCUT2D eigenvalue weighted by Crippen LogP contribution is -2.21. The van der Waals surface area contributed by atoms with Gasteiger partial charge in [-0.3, -0.25) is 4.79 Å². The summed E-state index contributed by atoms with van der Waals surface area (Å²) in [5, 5.41) is 0.552. The Morgan fingerprint density at radius 1 is 1.33 bits per heavy atom. The smallest absolute Gasteiger partial charge is 0.350 e. The van der Waals surface area contributed by atoms with Gasteiger partial charge in [-0.25, -0.2) is 9.59 Å². The van der Waals surface area contributed by atoms with Crippen molar-refractivity contribution >= 4 is 45.1 Å². The quantitative estimate of drug-likeness (QED) is 0.495. The molecule has 0 saturated heterocycles. The van der Waals surface area contributed by atoms with E-state index in [0.717, 1.165) is 16.0 Å². The lowest BCUT2D eigenvalue weighted by atomic mass is 10.1. The van der Waals surface area contributed by atoms with Crippen molar-refractivity contribution in [1.82, 2.24) is 4.90 Å². The van der Waals surface area contributed by atoms with Crippen molar-refractivity contribution < 1.29 is 19.1 Å². The number of hydrogen-bond acceptors (Lipinski definition) is 6. The Balaban J connectivity index is 2.70. The first-order valence-corrected chi connectivity index (χ1v) is 6.75. The average molecular weight is 304 g/mol. The molecule has 0 atom stereocenters. The largest absolute Gasteiger partial charge is 0.465 e. The second kappa shape index (κ2) is 5.87. The fourth-order valence-corrected chi connectivity index (χ4v) is 2.90. The van der Waals surface area contributed by atoms with Gasteiger partial charge in [0.25, 0.3) is 5.91 Å². The molecule has 0 aliphatic carbocycles. The lowest BCUT2D eigenvalue weighted by Gasteiger charge is -2.09. The van der Waals surface area contributed by atoms with E-state index in [1.165, 1.54) is 18.1 Å². The highest BCUT2D eigenvalue weighted by molar-refractivity contribution is 7.21. The third-order valence-corrected chi connectivity index (χ3v) is 3.98. The van der Waals surface area contributed by atoms with Crippen molar-refractivity contribution in [1.29, 1.82) is 0 Å². The zero-order valence-corrected chi connectivity index (χ0v) is 12.5. The van der Waals surface area contributed by atoms with Gasteiger partial charge in [-0.1, -0.05) is 0 Å². The molecule has 0 aliphatic heterocycles. The van der Waals surface area contributed by atoms with E-state index in [4.69, 9.17) is 0 Å². The number of nitrogens with zero attached hydrogens (tertiary/aromatic N) is 2. The van der Waals surface area contributed by atoms with Crippen LogP contribution in [0.4, 0.5) is 5.69 Å². The van der Waals surface area contributed by atoms with Gasteiger partial charge in [-0.15, -0.1) is 11.3 Å². The number of ether oxygens (including phenoxy) is 1. The molecule has 0 unspecified atom stereocenters. The van der Waals surface area contributed by atoms with Crippen LogP contribution < -0.4 is 0 Å². The first-order chi connectivity index (χ1) is 9.99. The van der Waals surface area contributed by atoms with Gasteiger partial charge in [0.1, 0.15) is 10.6 Å². The van der Waals surface area contributed by atoms with Crippen LogP contribution in [0.3, 0.4) is 0 Å². The van der Waals surface area contributed by atoms with Crippen molar-refractivity contribution in [2.45, 2.75) is 0 Å². The van der Waals surface area contributed by atoms with Gasteiger partial charge < -0.3 is 9.64 Å². The predicted molar refractivity (Wildman–Crippen MR) is 79.0 cm³/mol. The van der Waals surface area contributed by atoms with E-state index in [9.17, 15) is 14.4 Å². The number of methoxy groups -OCH3 is 1. The normalized spacial score (nSPS) is 10.0. The second-order valence-electron chi connectivity index (χ2n) is 4.38. The van der Waals surface area contributed by atoms with Gasteiger partial charge in [-0.05, 0) is 18.2 Å². The van der Waals surface area contributed by atoms with Crippen LogP contribution in [0.15, 0.2) is 23.2 Å². The fourth-order valence-electron chi connectivity index (χ4n) is 1.86. The number of fused-ring (bicyclic) bond motifs is 1. The van der Waals surface area contributed by atoms with Crippen LogP contribution in [0.1, 0.15) is 20.0 Å². The topological polar surface area (TPSA) is 76.0 Å². The minimum absolute atomic E-state index is 0.177. The van der Waals surface area contributed by atoms with E-state index in [-0.39, 0.29) is 16.5 Å². The Morgan fingerprint density at radius 3 is 2.62 bits per heavy atom. The molecule has 6 nitrogen and oxygen atoms in total. The van der Waals surface area contributed by atoms with E-state index in [1.54, 1.807) is 32.3 Å². The molecule has 0 radical (unpaired) electrons. The average Bonchev–Trinajstić information content (AvgIpc) is 2.84. The number of amides is 1. The molecule has 0 saturated carbocycles. The molecule has 7 heteroatoms. The fraction of sp³-hybridized carbons (Fsp3) is 0.214. The molecular formula is C14H12N2O4S. The second-order valence-corrected chi connectivity index (χ2v) is 5.44. The molecule has 21 heavy (non-hydrogen) atoms. The Bertz CT molecular complexity index is 773. The monoisotopic (exact) mass is 304 g/mol. The summed E-state index contributed by atoms with van der Waals surface area (Å²) in [6, 6.07) is 4.99. The van der Waals surface area contributed by atoms with Crippen LogP contribution in [-0.2, 0) is 9.53 Å². The third kappa shape index (κ3) is 2.69. The minimum atomic E-state index is -0.578. The Morgan fingerprint density at radius 2 is 2.05 bits per heavy atom. The van der Waals surface area contributed by atoms with Crippen molar-refractivity contribution in [2.24, 2.45) is 4.99 Å². The lowest BCUT2D eigenvalue weighted by molar-refractivity contribution is 0.0607. The van der Waals surface area contributed by atoms with Crippen molar-refractivity contribution in [3.63, 3.8) is 0 Å². The van der Waals surface area contributed by atoms with Crippen LogP contribution in [0.25, 0.3) is 10.1 Å². The van der Waals surface area contributed by atoms with E-state index < -0.39 is 5.97 Å². The number of carbonyl (C=O) groups is 2. The summed E-state index contributed by atoms with van der Waals surface area (Å²) in [7, 11) is 4.54. The summed E-state index contributed by atoms with van der Waals surface area (Å²) in [4.78, 5) is 39.5. The van der Waals surface area contributed by atoms with Crippen molar-refractivity contribution in [2.75, 3.05) is 21.2 Å². The predicted octanol–water partition coefficient (Wildman–Crippen LogP) is 2.36. The van der Waals surface area contributed by atoms with E-state index >= 15 is 0 Å². The van der Waals surface area contributed by atoms with Crippen LogP contribution in [-0.4, -0.2) is 44.1 Å². The number of isocyanates is 1. The summed E-state index contributed by atoms with van der Waals surface area (Å²) >= 11 is 1.15. The minimum Gasteiger partial charge on any atom is -0.465 e. The van der Waals surface area contributed by atoms with Crippen molar-refractivity contribution in [3.8, 4) is 0 Å². The van der Waals surface area contributed by atoms with Gasteiger partial charge in [0.05, 0.1) is 7.11 Å². The van der Waals surface area contributed by atoms with E-state index in [1.807, 2.05) is 0 Å². The number of thiophene rings is 1. The number of hydrogen-bond donors (Lipinski definition) is 0. The molecule has 1 aromatic heterocycles. The summed E-state index contributed by atoms with van der Waals surface area (Å²) in [5.41, 5.74) is 0.634. The highest BCUT2D eigenvalue weighted by atomic mass is 32.1. The first-order valence-electron chi connectivity index (χ1n) is 5.94. The van der Waals surface area contributed by atoms with Crippen molar-refractivity contribution in [3.05, 3.63) is 28.6 Å².